The molecule has 0 bridgehead atoms. The summed E-state index contributed by atoms with van der Waals surface area (Å²) in [6, 6.07) is 36.8. The molecule has 0 aliphatic carbocycles. The molecule has 72 heavy (non-hydrogen) atoms. The monoisotopic (exact) mass is 976 g/mol. The van der Waals surface area contributed by atoms with E-state index in [4.69, 9.17) is 5.84 Å². The highest BCUT2D eigenvalue weighted by Gasteiger charge is 2.32. The van der Waals surface area contributed by atoms with Gasteiger partial charge in [-0.1, -0.05) is 60.7 Å². The molecule has 0 spiro atoms. The Kier molecular flexibility index (Phi) is 16.2. The maximum atomic E-state index is 11.2. The first-order chi connectivity index (χ1) is 34.5. The summed E-state index contributed by atoms with van der Waals surface area (Å²) in [6.45, 7) is 0. The van der Waals surface area contributed by atoms with Crippen molar-refractivity contribution in [3.8, 4) is 0 Å². The van der Waals surface area contributed by atoms with E-state index in [0.717, 1.165) is 11.0 Å². The Morgan fingerprint density at radius 3 is 1.01 bits per heavy atom. The number of aromatic nitrogens is 8. The minimum absolute atomic E-state index is 0.152. The van der Waals surface area contributed by atoms with Gasteiger partial charge in [-0.05, 0) is 60.7 Å². The number of benzene rings is 5. The van der Waals surface area contributed by atoms with Crippen molar-refractivity contribution in [3.05, 3.63) is 240 Å². The first kappa shape index (κ1) is 50.5. The van der Waals surface area contributed by atoms with Crippen molar-refractivity contribution in [2.75, 3.05) is 0 Å². The molecule has 6 amide bonds. The van der Waals surface area contributed by atoms with Crippen molar-refractivity contribution >= 4 is 68.3 Å². The highest BCUT2D eigenvalue weighted by Crippen LogP contribution is 2.19. The number of hydrazine groups is 1. The number of nitrogens with one attached hydrogen (secondary N) is 10. The Hall–Kier alpha value is -11.0. The van der Waals surface area contributed by atoms with Crippen molar-refractivity contribution in [1.29, 1.82) is 0 Å². The molecule has 0 atom stereocenters. The number of imide groups is 3. The number of aromatic amines is 8. The predicted octanol–water partition coefficient (Wildman–Crippen LogP) is 0.278. The summed E-state index contributed by atoms with van der Waals surface area (Å²) in [6.07, 6.45) is 2.39. The van der Waals surface area contributed by atoms with Gasteiger partial charge in [0.25, 0.3) is 57.7 Å². The highest BCUT2D eigenvalue weighted by atomic mass is 16.2. The Morgan fingerprint density at radius 2 is 0.667 bits per heavy atom. The quantitative estimate of drug-likeness (QED) is 0.0421. The lowest BCUT2D eigenvalue weighted by Gasteiger charge is -2.01. The highest BCUT2D eigenvalue weighted by molar-refractivity contribution is 6.21. The van der Waals surface area contributed by atoms with Crippen LogP contribution in [0.5, 0.6) is 0 Å². The van der Waals surface area contributed by atoms with E-state index in [2.05, 4.69) is 45.6 Å². The number of nitrogens with zero attached hydrogens (tertiary/aromatic N) is 1. The molecule has 0 unspecified atom stereocenters. The average molecular weight is 977 g/mol. The molecule has 0 radical (unpaired) electrons. The molecule has 12 N–H and O–H groups in total. The van der Waals surface area contributed by atoms with Gasteiger partial charge in [-0.15, -0.1) is 0 Å². The third-order valence-electron chi connectivity index (χ3n) is 9.56. The number of hydrogen-bond donors (Lipinski definition) is 11. The van der Waals surface area contributed by atoms with E-state index in [0.29, 0.717) is 49.1 Å². The number of fused-ring (bicyclic) bond motifs is 5. The number of nitrogens with two attached hydrogens (primary N) is 1. The van der Waals surface area contributed by atoms with Gasteiger partial charge in [-0.3, -0.25) is 88.6 Å². The van der Waals surface area contributed by atoms with Gasteiger partial charge in [0, 0.05) is 24.3 Å². The van der Waals surface area contributed by atoms with Crippen LogP contribution >= 0.6 is 0 Å². The van der Waals surface area contributed by atoms with E-state index in [1.165, 1.54) is 24.3 Å². The molecule has 5 aromatic carbocycles. The maximum Gasteiger partial charge on any atom is 0.323 e. The predicted molar refractivity (Wildman–Crippen MR) is 259 cm³/mol. The molecule has 0 fully saturated rings. The van der Waals surface area contributed by atoms with Crippen molar-refractivity contribution in [1.82, 2.24) is 56.0 Å². The van der Waals surface area contributed by atoms with Gasteiger partial charge >= 0.3 is 16.8 Å². The van der Waals surface area contributed by atoms with Crippen LogP contribution in [0.3, 0.4) is 0 Å². The van der Waals surface area contributed by atoms with Crippen molar-refractivity contribution in [3.63, 3.8) is 0 Å². The van der Waals surface area contributed by atoms with Crippen molar-refractivity contribution < 1.29 is 28.8 Å². The summed E-state index contributed by atoms with van der Waals surface area (Å²) in [5, 5.41) is 14.4. The average Bonchev–Trinajstić information content (AvgIpc) is 4.11. The third-order valence-corrected chi connectivity index (χ3v) is 9.56. The molecular formula is C47H36N12O13. The molecule has 25 heteroatoms. The van der Waals surface area contributed by atoms with Crippen LogP contribution in [-0.4, -0.2) is 80.8 Å². The molecule has 362 valence electrons. The lowest BCUT2D eigenvalue weighted by Crippen LogP contribution is -2.36. The van der Waals surface area contributed by atoms with Crippen LogP contribution in [0.4, 0.5) is 0 Å². The van der Waals surface area contributed by atoms with Crippen molar-refractivity contribution in [2.45, 2.75) is 0 Å². The molecule has 3 aliphatic heterocycles. The fourth-order valence-corrected chi connectivity index (χ4v) is 6.20. The van der Waals surface area contributed by atoms with Gasteiger partial charge in [0.1, 0.15) is 0 Å². The molecule has 0 saturated heterocycles. The van der Waals surface area contributed by atoms with E-state index < -0.39 is 22.9 Å². The molecule has 9 aromatic rings. The number of hydrogen-bond acceptors (Lipinski definition) is 14. The van der Waals surface area contributed by atoms with Crippen LogP contribution in [0.2, 0.25) is 0 Å². The Bertz CT molecular complexity index is 3740. The first-order valence-electron chi connectivity index (χ1n) is 20.6. The van der Waals surface area contributed by atoms with Crippen LogP contribution in [0.15, 0.2) is 179 Å². The number of imidazole rings is 1. The lowest BCUT2D eigenvalue weighted by atomic mass is 10.1. The number of carbonyl (C=O) groups is 6. The summed E-state index contributed by atoms with van der Waals surface area (Å²) >= 11 is 0. The second-order valence-corrected chi connectivity index (χ2v) is 14.4. The van der Waals surface area contributed by atoms with Gasteiger partial charge in [0.2, 0.25) is 0 Å². The van der Waals surface area contributed by atoms with Crippen LogP contribution in [0.25, 0.3) is 32.8 Å². The Labute approximate surface area is 398 Å². The van der Waals surface area contributed by atoms with E-state index in [-0.39, 0.29) is 51.6 Å². The Morgan fingerprint density at radius 1 is 0.333 bits per heavy atom. The van der Waals surface area contributed by atoms with E-state index >= 15 is 0 Å². The van der Waals surface area contributed by atoms with Gasteiger partial charge in [-0.2, -0.15) is 0 Å². The minimum Gasteiger partial charge on any atom is -0.316 e. The van der Waals surface area contributed by atoms with E-state index in [1.54, 1.807) is 97.1 Å². The third kappa shape index (κ3) is 12.9. The summed E-state index contributed by atoms with van der Waals surface area (Å²) in [4.78, 5) is 149. The number of carbonyl (C=O) groups excluding carboxylic acids is 6. The largest absolute Gasteiger partial charge is 0.323 e. The molecule has 7 heterocycles. The lowest BCUT2D eigenvalue weighted by molar-refractivity contribution is -0.123. The first-order valence-corrected chi connectivity index (χ1v) is 20.6. The fourth-order valence-electron chi connectivity index (χ4n) is 6.20. The SMILES string of the molecule is NN1C(=O)c2ccccc2C1=O.O=C1C=CC(=O)N1.O=C1NC(=O)c2ccccc21.O=c1[nH][nH]c(=O)c2ccccc12.O=c1[nH]c2ccccc2[nH]1.O=c1[nH]c2ccccc2[nH]c1=O.O=c1ccc(=O)[nH][nH]1. The second kappa shape index (κ2) is 23.2. The van der Waals surface area contributed by atoms with Crippen molar-refractivity contribution in [2.24, 2.45) is 5.84 Å². The van der Waals surface area contributed by atoms with Crippen LogP contribution in [0.1, 0.15) is 41.4 Å². The van der Waals surface area contributed by atoms with Crippen LogP contribution in [-0.2, 0) is 9.59 Å². The standard InChI is InChI=1S/3C8H6N2O2.C8H5NO2.C7H6N2O.C4H4N2O2.C4H3NO2/c11-7-8(12)10-6-4-2-1-3-5(6)9-7;9-10-7(11)5-3-1-2-4-6(5)8(10)12;11-7-5-3-1-2-4-6(5)8(12)10-9-7;10-7-5-3-1-2-4-6(5)8(11)9-7;10-7-8-5-3-1-2-4-6(5)9-7;7-3-1-2-4(8)6-5-3;6-3-1-2-4(7)5-3/h1-4H,(H,9,11)(H,10,12);1-4H,9H2;1-4H,(H,9,11)(H,10,12);1-4H,(H,9,10,11);1-4H,(H2,8,9,10);1-2H,(H,5,7)(H,6,8);1-2H,(H,5,6,7). The molecule has 4 aromatic heterocycles. The summed E-state index contributed by atoms with van der Waals surface area (Å²) < 4.78 is 0. The smallest absolute Gasteiger partial charge is 0.316 e. The number of rotatable bonds is 0. The Balaban J connectivity index is 0.000000138. The molecule has 12 rings (SSSR count). The number of para-hydroxylation sites is 4. The van der Waals surface area contributed by atoms with E-state index in [1.807, 2.05) is 29.6 Å². The molecule has 25 nitrogen and oxygen atoms in total. The number of amides is 6. The zero-order chi connectivity index (χ0) is 51.9. The summed E-state index contributed by atoms with van der Waals surface area (Å²) in [5.41, 5.74) is 2.16. The maximum absolute atomic E-state index is 11.2. The summed E-state index contributed by atoms with van der Waals surface area (Å²) in [5.74, 6) is 3.08. The zero-order valence-corrected chi connectivity index (χ0v) is 36.7. The molecule has 3 aliphatic rings. The summed E-state index contributed by atoms with van der Waals surface area (Å²) in [7, 11) is 0. The number of H-pyrrole nitrogens is 8. The van der Waals surface area contributed by atoms with Crippen LogP contribution < -0.4 is 55.5 Å². The van der Waals surface area contributed by atoms with Gasteiger partial charge < -0.3 is 19.9 Å². The van der Waals surface area contributed by atoms with Gasteiger partial charge in [0.05, 0.1) is 55.1 Å². The van der Waals surface area contributed by atoms with Gasteiger partial charge in [-0.25, -0.2) is 15.6 Å². The second-order valence-electron chi connectivity index (χ2n) is 14.4. The zero-order valence-electron chi connectivity index (χ0n) is 36.7. The normalized spacial score (nSPS) is 12.4. The fraction of sp³-hybridized carbons (Fsp3) is 0. The van der Waals surface area contributed by atoms with Gasteiger partial charge in [0.15, 0.2) is 0 Å². The minimum atomic E-state index is -0.617. The van der Waals surface area contributed by atoms with E-state index in [9.17, 15) is 62.3 Å². The topological polar surface area (TPSA) is 402 Å². The molecular weight excluding hydrogens is 941 g/mol. The van der Waals surface area contributed by atoms with Crippen LogP contribution in [0, 0.1) is 0 Å². The molecule has 0 saturated carbocycles.